The predicted octanol–water partition coefficient (Wildman–Crippen LogP) is 2.39. The van der Waals surface area contributed by atoms with E-state index in [-0.39, 0.29) is 12.6 Å². The number of benzene rings is 1. The van der Waals surface area contributed by atoms with Crippen LogP contribution in [0.5, 0.6) is 0 Å². The summed E-state index contributed by atoms with van der Waals surface area (Å²) in [5, 5.41) is 21.3. The van der Waals surface area contributed by atoms with Crippen molar-refractivity contribution in [3.05, 3.63) is 28.8 Å². The van der Waals surface area contributed by atoms with E-state index >= 15 is 0 Å². The molecule has 2 N–H and O–H groups in total. The Labute approximate surface area is 94.3 Å². The molecule has 15 heavy (non-hydrogen) atoms. The minimum Gasteiger partial charge on any atom is -0.396 e. The van der Waals surface area contributed by atoms with Crippen LogP contribution < -0.4 is 5.32 Å². The number of aliphatic hydroxyl groups is 1. The summed E-state index contributed by atoms with van der Waals surface area (Å²) >= 11 is 5.77. The van der Waals surface area contributed by atoms with Gasteiger partial charge in [0.2, 0.25) is 0 Å². The molecule has 1 aromatic rings. The van der Waals surface area contributed by atoms with Crippen LogP contribution in [0, 0.1) is 11.3 Å². The molecular weight excluding hydrogens is 212 g/mol. The normalized spacial score (nSPS) is 11.9. The molecule has 1 aromatic carbocycles. The minimum atomic E-state index is 0.128. The van der Waals surface area contributed by atoms with Crippen molar-refractivity contribution in [3.8, 4) is 6.07 Å². The van der Waals surface area contributed by atoms with E-state index in [1.807, 2.05) is 6.92 Å². The molecule has 1 unspecified atom stereocenters. The molecule has 0 saturated heterocycles. The fraction of sp³-hybridized carbons (Fsp3) is 0.364. The van der Waals surface area contributed by atoms with E-state index in [1.165, 1.54) is 0 Å². The van der Waals surface area contributed by atoms with Crippen LogP contribution in [0.4, 0.5) is 5.69 Å². The van der Waals surface area contributed by atoms with Gasteiger partial charge in [-0.15, -0.1) is 0 Å². The van der Waals surface area contributed by atoms with Crippen molar-refractivity contribution in [3.63, 3.8) is 0 Å². The van der Waals surface area contributed by atoms with E-state index in [4.69, 9.17) is 22.0 Å². The second-order valence-corrected chi connectivity index (χ2v) is 3.80. The van der Waals surface area contributed by atoms with Gasteiger partial charge in [0.25, 0.3) is 0 Å². The van der Waals surface area contributed by atoms with Crippen LogP contribution in [-0.2, 0) is 0 Å². The monoisotopic (exact) mass is 224 g/mol. The zero-order valence-electron chi connectivity index (χ0n) is 8.50. The lowest BCUT2D eigenvalue weighted by Crippen LogP contribution is -2.17. The van der Waals surface area contributed by atoms with Gasteiger partial charge in [0.05, 0.1) is 11.3 Å². The maximum atomic E-state index is 8.89. The average Bonchev–Trinajstić information content (AvgIpc) is 2.21. The number of aliphatic hydroxyl groups excluding tert-OH is 1. The highest BCUT2D eigenvalue weighted by atomic mass is 35.5. The summed E-state index contributed by atoms with van der Waals surface area (Å²) in [6.07, 6.45) is 0.646. The van der Waals surface area contributed by atoms with Crippen LogP contribution >= 0.6 is 11.6 Å². The lowest BCUT2D eigenvalue weighted by atomic mass is 10.1. The molecule has 80 valence electrons. The fourth-order valence-electron chi connectivity index (χ4n) is 1.27. The van der Waals surface area contributed by atoms with Gasteiger partial charge in [0.15, 0.2) is 0 Å². The third-order valence-corrected chi connectivity index (χ3v) is 2.30. The molecular formula is C11H13ClN2O. The topological polar surface area (TPSA) is 56.0 Å². The maximum absolute atomic E-state index is 8.89. The van der Waals surface area contributed by atoms with Crippen LogP contribution in [0.3, 0.4) is 0 Å². The third kappa shape index (κ3) is 3.43. The Kier molecular flexibility index (Phi) is 4.41. The molecule has 4 heteroatoms. The van der Waals surface area contributed by atoms with Crippen molar-refractivity contribution in [1.82, 2.24) is 0 Å². The maximum Gasteiger partial charge on any atom is 0.101 e. The second kappa shape index (κ2) is 5.59. The van der Waals surface area contributed by atoms with Gasteiger partial charge in [-0.25, -0.2) is 0 Å². The Bertz CT molecular complexity index is 373. The van der Waals surface area contributed by atoms with Crippen molar-refractivity contribution in [2.75, 3.05) is 11.9 Å². The van der Waals surface area contributed by atoms with E-state index in [0.29, 0.717) is 17.0 Å². The van der Waals surface area contributed by atoms with E-state index in [1.54, 1.807) is 18.2 Å². The predicted molar refractivity (Wildman–Crippen MR) is 61.0 cm³/mol. The summed E-state index contributed by atoms with van der Waals surface area (Å²) in [6, 6.07) is 7.33. The molecule has 0 radical (unpaired) electrons. The van der Waals surface area contributed by atoms with Crippen LogP contribution in [0.25, 0.3) is 0 Å². The Morgan fingerprint density at radius 2 is 2.33 bits per heavy atom. The van der Waals surface area contributed by atoms with E-state index in [9.17, 15) is 0 Å². The van der Waals surface area contributed by atoms with Crippen molar-refractivity contribution in [1.29, 1.82) is 5.26 Å². The van der Waals surface area contributed by atoms with E-state index < -0.39 is 0 Å². The Hall–Kier alpha value is -1.24. The molecule has 0 aliphatic carbocycles. The van der Waals surface area contributed by atoms with Gasteiger partial charge in [-0.2, -0.15) is 5.26 Å². The number of rotatable bonds is 4. The highest BCUT2D eigenvalue weighted by Crippen LogP contribution is 2.20. The summed E-state index contributed by atoms with van der Waals surface area (Å²) < 4.78 is 0. The molecule has 1 rings (SSSR count). The molecule has 0 aliphatic rings. The van der Waals surface area contributed by atoms with Gasteiger partial charge in [-0.1, -0.05) is 11.6 Å². The van der Waals surface area contributed by atoms with E-state index in [2.05, 4.69) is 11.4 Å². The van der Waals surface area contributed by atoms with Crippen molar-refractivity contribution in [2.24, 2.45) is 0 Å². The number of hydrogen-bond donors (Lipinski definition) is 2. The molecule has 0 aliphatic heterocycles. The largest absolute Gasteiger partial charge is 0.396 e. The number of nitriles is 1. The van der Waals surface area contributed by atoms with Gasteiger partial charge in [-0.3, -0.25) is 0 Å². The molecule has 0 saturated carbocycles. The molecule has 0 amide bonds. The third-order valence-electron chi connectivity index (χ3n) is 2.07. The summed E-state index contributed by atoms with van der Waals surface area (Å²) in [5.41, 5.74) is 1.27. The highest BCUT2D eigenvalue weighted by Gasteiger charge is 2.06. The first-order valence-corrected chi connectivity index (χ1v) is 5.12. The molecule has 0 bridgehead atoms. The van der Waals surface area contributed by atoms with Gasteiger partial charge in [0, 0.05) is 17.7 Å². The number of nitrogens with one attached hydrogen (secondary N) is 1. The average molecular weight is 225 g/mol. The molecule has 1 atom stereocenters. The number of nitrogens with zero attached hydrogens (tertiary/aromatic N) is 1. The number of halogens is 1. The SMILES string of the molecule is CC(CCO)Nc1ccc(Cl)cc1C#N. The van der Waals surface area contributed by atoms with E-state index in [0.717, 1.165) is 5.69 Å². The van der Waals surface area contributed by atoms with Gasteiger partial charge < -0.3 is 10.4 Å². The summed E-state index contributed by atoms with van der Waals surface area (Å²) in [5.74, 6) is 0. The standard InChI is InChI=1S/C11H13ClN2O/c1-8(4-5-15)14-11-3-2-10(12)6-9(11)7-13/h2-3,6,8,14-15H,4-5H2,1H3. The van der Waals surface area contributed by atoms with Crippen LogP contribution in [0.2, 0.25) is 5.02 Å². The van der Waals surface area contributed by atoms with Crippen molar-refractivity contribution < 1.29 is 5.11 Å². The lowest BCUT2D eigenvalue weighted by Gasteiger charge is -2.14. The number of anilines is 1. The van der Waals surface area contributed by atoms with Crippen LogP contribution in [-0.4, -0.2) is 17.8 Å². The number of hydrogen-bond acceptors (Lipinski definition) is 3. The van der Waals surface area contributed by atoms with Gasteiger partial charge >= 0.3 is 0 Å². The zero-order chi connectivity index (χ0) is 11.3. The Balaban J connectivity index is 2.81. The fourth-order valence-corrected chi connectivity index (χ4v) is 1.44. The molecule has 0 fully saturated rings. The van der Waals surface area contributed by atoms with Crippen LogP contribution in [0.1, 0.15) is 18.9 Å². The Morgan fingerprint density at radius 3 is 2.93 bits per heavy atom. The smallest absolute Gasteiger partial charge is 0.101 e. The minimum absolute atomic E-state index is 0.128. The first kappa shape index (κ1) is 11.8. The summed E-state index contributed by atoms with van der Waals surface area (Å²) in [6.45, 7) is 2.08. The molecule has 3 nitrogen and oxygen atoms in total. The first-order valence-electron chi connectivity index (χ1n) is 4.74. The quantitative estimate of drug-likeness (QED) is 0.826. The van der Waals surface area contributed by atoms with Crippen molar-refractivity contribution in [2.45, 2.75) is 19.4 Å². The molecule has 0 aromatic heterocycles. The zero-order valence-corrected chi connectivity index (χ0v) is 9.25. The van der Waals surface area contributed by atoms with Crippen LogP contribution in [0.15, 0.2) is 18.2 Å². The Morgan fingerprint density at radius 1 is 1.60 bits per heavy atom. The molecule has 0 heterocycles. The second-order valence-electron chi connectivity index (χ2n) is 3.36. The summed E-state index contributed by atoms with van der Waals surface area (Å²) in [7, 11) is 0. The highest BCUT2D eigenvalue weighted by molar-refractivity contribution is 6.30. The van der Waals surface area contributed by atoms with Gasteiger partial charge in [-0.05, 0) is 31.5 Å². The molecule has 0 spiro atoms. The van der Waals surface area contributed by atoms with Gasteiger partial charge in [0.1, 0.15) is 6.07 Å². The first-order chi connectivity index (χ1) is 7.17. The summed E-state index contributed by atoms with van der Waals surface area (Å²) in [4.78, 5) is 0. The van der Waals surface area contributed by atoms with Crippen molar-refractivity contribution >= 4 is 17.3 Å². The lowest BCUT2D eigenvalue weighted by molar-refractivity contribution is 0.282.